The van der Waals surface area contributed by atoms with E-state index in [0.717, 1.165) is 19.5 Å². The number of likely N-dealkylation sites (tertiary alicyclic amines) is 1. The lowest BCUT2D eigenvalue weighted by atomic mass is 10.1. The first kappa shape index (κ1) is 13.9. The van der Waals surface area contributed by atoms with E-state index >= 15 is 0 Å². The Morgan fingerprint density at radius 2 is 2.19 bits per heavy atom. The summed E-state index contributed by atoms with van der Waals surface area (Å²) in [5, 5.41) is 3.42. The Morgan fingerprint density at radius 3 is 2.75 bits per heavy atom. The molecule has 1 heterocycles. The average Bonchev–Trinajstić information content (AvgIpc) is 2.16. The van der Waals surface area contributed by atoms with E-state index in [2.05, 4.69) is 17.3 Å². The van der Waals surface area contributed by atoms with Gasteiger partial charge in [-0.25, -0.2) is 8.42 Å². The summed E-state index contributed by atoms with van der Waals surface area (Å²) in [6, 6.07) is 0.502. The van der Waals surface area contributed by atoms with E-state index in [-0.39, 0.29) is 17.5 Å². The van der Waals surface area contributed by atoms with Gasteiger partial charge in [0.1, 0.15) is 0 Å². The predicted molar refractivity (Wildman–Crippen MR) is 67.4 cm³/mol. The van der Waals surface area contributed by atoms with Crippen LogP contribution in [0.25, 0.3) is 0 Å². The molecule has 4 nitrogen and oxygen atoms in total. The van der Waals surface area contributed by atoms with Gasteiger partial charge in [-0.2, -0.15) is 0 Å². The molecule has 16 heavy (non-hydrogen) atoms. The topological polar surface area (TPSA) is 49.4 Å². The summed E-state index contributed by atoms with van der Waals surface area (Å²) in [6.07, 6.45) is 2.35. The number of sulfone groups is 1. The third-order valence-corrected chi connectivity index (χ3v) is 4.98. The Bertz CT molecular complexity index is 303. The van der Waals surface area contributed by atoms with E-state index in [9.17, 15) is 8.42 Å². The highest BCUT2D eigenvalue weighted by molar-refractivity contribution is 7.91. The highest BCUT2D eigenvalue weighted by Crippen LogP contribution is 2.09. The minimum Gasteiger partial charge on any atom is -0.309 e. The van der Waals surface area contributed by atoms with Gasteiger partial charge in [0, 0.05) is 24.4 Å². The van der Waals surface area contributed by atoms with Crippen LogP contribution in [0.4, 0.5) is 0 Å². The molecule has 2 atom stereocenters. The van der Waals surface area contributed by atoms with Crippen molar-refractivity contribution in [2.24, 2.45) is 0 Å². The average molecular weight is 248 g/mol. The molecule has 1 rings (SSSR count). The molecule has 1 saturated heterocycles. The lowest BCUT2D eigenvalue weighted by Crippen LogP contribution is -2.48. The van der Waals surface area contributed by atoms with Crippen LogP contribution in [0.5, 0.6) is 0 Å². The molecule has 0 aromatic heterocycles. The number of nitrogens with one attached hydrogen (secondary N) is 1. The van der Waals surface area contributed by atoms with Crippen LogP contribution in [0.1, 0.15) is 26.7 Å². The van der Waals surface area contributed by atoms with Crippen LogP contribution >= 0.6 is 0 Å². The molecule has 1 aliphatic heterocycles. The second kappa shape index (κ2) is 5.98. The number of hydrogen-bond donors (Lipinski definition) is 1. The van der Waals surface area contributed by atoms with Gasteiger partial charge in [0.15, 0.2) is 9.84 Å². The van der Waals surface area contributed by atoms with Gasteiger partial charge in [-0.3, -0.25) is 0 Å². The molecule has 96 valence electrons. The Kier molecular flexibility index (Phi) is 5.21. The second-order valence-corrected chi connectivity index (χ2v) is 7.27. The molecule has 0 radical (unpaired) electrons. The number of likely N-dealkylation sites (N-methyl/N-ethyl adjacent to an activating group) is 1. The zero-order chi connectivity index (χ0) is 12.2. The normalized spacial score (nSPS) is 25.6. The molecule has 1 fully saturated rings. The Balaban J connectivity index is 2.36. The van der Waals surface area contributed by atoms with Gasteiger partial charge in [0.05, 0.1) is 5.75 Å². The molecule has 1 N–H and O–H groups in total. The van der Waals surface area contributed by atoms with Gasteiger partial charge in [0.25, 0.3) is 0 Å². The third kappa shape index (κ3) is 4.80. The molecule has 0 saturated carbocycles. The second-order valence-electron chi connectivity index (χ2n) is 4.87. The maximum absolute atomic E-state index is 11.5. The molecule has 2 unspecified atom stereocenters. The van der Waals surface area contributed by atoms with Crippen molar-refractivity contribution in [3.05, 3.63) is 0 Å². The Hall–Kier alpha value is -0.130. The monoisotopic (exact) mass is 248 g/mol. The third-order valence-electron chi connectivity index (χ3n) is 3.09. The van der Waals surface area contributed by atoms with E-state index in [4.69, 9.17) is 0 Å². The fourth-order valence-corrected chi connectivity index (χ4v) is 3.35. The van der Waals surface area contributed by atoms with Gasteiger partial charge in [0.2, 0.25) is 0 Å². The van der Waals surface area contributed by atoms with Crippen molar-refractivity contribution in [2.45, 2.75) is 38.8 Å². The quantitative estimate of drug-likeness (QED) is 0.769. The van der Waals surface area contributed by atoms with Gasteiger partial charge in [-0.1, -0.05) is 6.92 Å². The van der Waals surface area contributed by atoms with Crippen LogP contribution in [0.15, 0.2) is 0 Å². The lowest BCUT2D eigenvalue weighted by molar-refractivity contribution is 0.221. The van der Waals surface area contributed by atoms with Crippen molar-refractivity contribution >= 4 is 9.84 Å². The first-order valence-electron chi connectivity index (χ1n) is 6.08. The Labute approximate surface area is 99.3 Å². The van der Waals surface area contributed by atoms with Crippen molar-refractivity contribution in [1.29, 1.82) is 0 Å². The molecular weight excluding hydrogens is 224 g/mol. The molecule has 0 aromatic rings. The van der Waals surface area contributed by atoms with Crippen LogP contribution in [0.3, 0.4) is 0 Å². The van der Waals surface area contributed by atoms with Crippen LogP contribution in [0.2, 0.25) is 0 Å². The number of rotatable bonds is 5. The lowest BCUT2D eigenvalue weighted by Gasteiger charge is -2.32. The van der Waals surface area contributed by atoms with E-state index in [0.29, 0.717) is 6.04 Å². The van der Waals surface area contributed by atoms with Crippen molar-refractivity contribution in [3.63, 3.8) is 0 Å². The summed E-state index contributed by atoms with van der Waals surface area (Å²) >= 11 is 0. The highest BCUT2D eigenvalue weighted by Gasteiger charge is 2.20. The zero-order valence-electron chi connectivity index (χ0n) is 10.6. The van der Waals surface area contributed by atoms with Crippen molar-refractivity contribution in [1.82, 2.24) is 10.2 Å². The summed E-state index contributed by atoms with van der Waals surface area (Å²) in [7, 11) is -0.747. The molecule has 0 aromatic carbocycles. The first-order valence-corrected chi connectivity index (χ1v) is 7.90. The Morgan fingerprint density at radius 1 is 1.50 bits per heavy atom. The minimum absolute atomic E-state index is 0.0569. The molecule has 0 aliphatic carbocycles. The molecule has 5 heteroatoms. The van der Waals surface area contributed by atoms with Crippen LogP contribution < -0.4 is 5.32 Å². The summed E-state index contributed by atoms with van der Waals surface area (Å²) in [4.78, 5) is 2.29. The van der Waals surface area contributed by atoms with Crippen LogP contribution in [0, 0.1) is 0 Å². The van der Waals surface area contributed by atoms with E-state index in [1.54, 1.807) is 6.92 Å². The smallest absolute Gasteiger partial charge is 0.151 e. The van der Waals surface area contributed by atoms with Crippen LogP contribution in [-0.2, 0) is 9.84 Å². The predicted octanol–water partition coefficient (Wildman–Crippen LogP) is 0.493. The van der Waals surface area contributed by atoms with E-state index < -0.39 is 9.84 Å². The maximum atomic E-state index is 11.5. The van der Waals surface area contributed by atoms with Crippen molar-refractivity contribution < 1.29 is 8.42 Å². The highest BCUT2D eigenvalue weighted by atomic mass is 32.2. The molecule has 1 aliphatic rings. The molecule has 0 spiro atoms. The maximum Gasteiger partial charge on any atom is 0.151 e. The zero-order valence-corrected chi connectivity index (χ0v) is 11.4. The van der Waals surface area contributed by atoms with Crippen molar-refractivity contribution in [3.8, 4) is 0 Å². The molecule has 0 bridgehead atoms. The summed E-state index contributed by atoms with van der Waals surface area (Å²) in [5.41, 5.74) is 0. The van der Waals surface area contributed by atoms with Crippen molar-refractivity contribution in [2.75, 3.05) is 31.6 Å². The molecular formula is C11H24N2O2S. The van der Waals surface area contributed by atoms with Gasteiger partial charge in [-0.15, -0.1) is 0 Å². The van der Waals surface area contributed by atoms with Gasteiger partial charge >= 0.3 is 0 Å². The SMILES string of the molecule is CCS(=O)(=O)CC(C)NC1CCCN(C)C1. The van der Waals surface area contributed by atoms with Gasteiger partial charge < -0.3 is 10.2 Å². The van der Waals surface area contributed by atoms with E-state index in [1.807, 2.05) is 6.92 Å². The van der Waals surface area contributed by atoms with Gasteiger partial charge in [-0.05, 0) is 33.4 Å². The largest absolute Gasteiger partial charge is 0.309 e. The summed E-state index contributed by atoms with van der Waals surface area (Å²) < 4.78 is 22.9. The summed E-state index contributed by atoms with van der Waals surface area (Å²) in [5.74, 6) is 0.493. The fourth-order valence-electron chi connectivity index (χ4n) is 2.25. The number of piperidine rings is 1. The first-order chi connectivity index (χ1) is 7.43. The number of hydrogen-bond acceptors (Lipinski definition) is 4. The fraction of sp³-hybridized carbons (Fsp3) is 1.00. The van der Waals surface area contributed by atoms with Crippen LogP contribution in [-0.4, -0.2) is 57.0 Å². The number of nitrogens with zero attached hydrogens (tertiary/aromatic N) is 1. The minimum atomic E-state index is -2.86. The standard InChI is InChI=1S/C11H24N2O2S/c1-4-16(14,15)9-10(2)12-11-6-5-7-13(3)8-11/h10-12H,4-9H2,1-3H3. The summed E-state index contributed by atoms with van der Waals surface area (Å²) in [6.45, 7) is 5.84. The molecule has 0 amide bonds. The van der Waals surface area contributed by atoms with E-state index in [1.165, 1.54) is 6.42 Å².